The molecule has 1 aromatic heterocycles. The number of amides is 2. The SMILES string of the molecule is CS(=O)(=O)c1ccc(C(=O)C2CCN(C(=O)c3ccc(C(=O)NC4CCN(Cc5ccc(OC(F)(F)F)cc5)C[C@H]4F)nc3)CC2)cc1. The van der Waals surface area contributed by atoms with Gasteiger partial charge in [0.15, 0.2) is 15.6 Å². The molecule has 0 spiro atoms. The standard InChI is InChI=1S/C33H34F4N4O6S/c1-48(45,46)26-9-4-22(5-10-26)30(42)23-12-16-41(17-13-23)32(44)24-6-11-29(38-18-24)31(43)39-28-14-15-40(20-27(28)34)19-21-2-7-25(8-3-21)47-33(35,36)37/h2-11,18,23,27-28H,12-17,19-20H2,1H3,(H,39,43)/t27-,28?/m1/s1. The van der Waals surface area contributed by atoms with Crippen LogP contribution in [0.4, 0.5) is 17.6 Å². The lowest BCUT2D eigenvalue weighted by Gasteiger charge is -2.35. The molecule has 3 aromatic rings. The molecule has 3 heterocycles. The zero-order valence-electron chi connectivity index (χ0n) is 26.0. The maximum Gasteiger partial charge on any atom is 0.573 e. The fraction of sp³-hybridized carbons (Fsp3) is 0.394. The van der Waals surface area contributed by atoms with E-state index in [0.29, 0.717) is 56.6 Å². The fourth-order valence-corrected chi connectivity index (χ4v) is 6.49. The Morgan fingerprint density at radius 1 is 0.917 bits per heavy atom. The zero-order chi connectivity index (χ0) is 34.6. The number of hydrogen-bond donors (Lipinski definition) is 1. The van der Waals surface area contributed by atoms with Crippen molar-refractivity contribution < 1.29 is 45.1 Å². The highest BCUT2D eigenvalue weighted by Gasteiger charge is 2.33. The lowest BCUT2D eigenvalue weighted by Crippen LogP contribution is -2.52. The van der Waals surface area contributed by atoms with E-state index < -0.39 is 34.3 Å². The summed E-state index contributed by atoms with van der Waals surface area (Å²) in [6, 6.07) is 13.3. The maximum absolute atomic E-state index is 15.0. The normalized spacial score (nSPS) is 19.5. The number of aromatic nitrogens is 1. The lowest BCUT2D eigenvalue weighted by molar-refractivity contribution is -0.274. The molecule has 256 valence electrons. The largest absolute Gasteiger partial charge is 0.573 e. The van der Waals surface area contributed by atoms with Gasteiger partial charge in [-0.05, 0) is 61.2 Å². The van der Waals surface area contributed by atoms with Crippen LogP contribution in [0.2, 0.25) is 0 Å². The zero-order valence-corrected chi connectivity index (χ0v) is 26.8. The molecule has 1 N–H and O–H groups in total. The van der Waals surface area contributed by atoms with Crippen molar-refractivity contribution in [2.45, 2.75) is 49.3 Å². The second-order valence-corrected chi connectivity index (χ2v) is 14.0. The van der Waals surface area contributed by atoms with Gasteiger partial charge < -0.3 is 15.0 Å². The molecule has 2 fully saturated rings. The van der Waals surface area contributed by atoms with Crippen molar-refractivity contribution in [2.24, 2.45) is 5.92 Å². The van der Waals surface area contributed by atoms with E-state index in [-0.39, 0.29) is 46.1 Å². The molecule has 5 rings (SSSR count). The molecule has 15 heteroatoms. The number of rotatable bonds is 9. The number of hydrogen-bond acceptors (Lipinski definition) is 8. The van der Waals surface area contributed by atoms with E-state index in [4.69, 9.17) is 0 Å². The average Bonchev–Trinajstić information content (AvgIpc) is 3.05. The fourth-order valence-electron chi connectivity index (χ4n) is 5.86. The Morgan fingerprint density at radius 2 is 1.56 bits per heavy atom. The van der Waals surface area contributed by atoms with Crippen LogP contribution in [0.1, 0.15) is 56.0 Å². The van der Waals surface area contributed by atoms with Gasteiger partial charge in [0.05, 0.1) is 16.5 Å². The van der Waals surface area contributed by atoms with Crippen LogP contribution in [0.15, 0.2) is 71.8 Å². The first kappa shape index (κ1) is 35.0. The molecule has 48 heavy (non-hydrogen) atoms. The molecule has 2 aliphatic heterocycles. The van der Waals surface area contributed by atoms with Crippen LogP contribution in [0.3, 0.4) is 0 Å². The number of carbonyl (C=O) groups is 3. The van der Waals surface area contributed by atoms with E-state index in [1.165, 1.54) is 66.9 Å². The number of nitrogens with one attached hydrogen (secondary N) is 1. The predicted molar refractivity (Wildman–Crippen MR) is 166 cm³/mol. The Balaban J connectivity index is 1.07. The van der Waals surface area contributed by atoms with E-state index in [0.717, 1.165) is 6.26 Å². The Hall–Kier alpha value is -4.37. The van der Waals surface area contributed by atoms with Crippen molar-refractivity contribution in [2.75, 3.05) is 32.4 Å². The van der Waals surface area contributed by atoms with Crippen molar-refractivity contribution in [1.82, 2.24) is 20.1 Å². The summed E-state index contributed by atoms with van der Waals surface area (Å²) in [5.74, 6) is -1.62. The first-order valence-corrected chi connectivity index (χ1v) is 17.2. The van der Waals surface area contributed by atoms with Gasteiger partial charge in [-0.3, -0.25) is 24.3 Å². The molecule has 2 saturated heterocycles. The summed E-state index contributed by atoms with van der Waals surface area (Å²) in [5, 5.41) is 2.67. The van der Waals surface area contributed by atoms with E-state index in [2.05, 4.69) is 15.0 Å². The van der Waals surface area contributed by atoms with Crippen LogP contribution in [-0.2, 0) is 16.4 Å². The summed E-state index contributed by atoms with van der Waals surface area (Å²) in [6.45, 7) is 1.47. The predicted octanol–water partition coefficient (Wildman–Crippen LogP) is 4.46. The van der Waals surface area contributed by atoms with Crippen molar-refractivity contribution in [3.05, 3.63) is 89.2 Å². The summed E-state index contributed by atoms with van der Waals surface area (Å²) in [4.78, 5) is 46.5. The minimum absolute atomic E-state index is 0.0182. The summed E-state index contributed by atoms with van der Waals surface area (Å²) >= 11 is 0. The molecule has 0 aliphatic carbocycles. The second-order valence-electron chi connectivity index (χ2n) is 12.0. The number of nitrogens with zero attached hydrogens (tertiary/aromatic N) is 3. The van der Waals surface area contributed by atoms with E-state index >= 15 is 4.39 Å². The van der Waals surface area contributed by atoms with E-state index in [9.17, 15) is 36.0 Å². The van der Waals surface area contributed by atoms with Crippen molar-refractivity contribution in [3.63, 3.8) is 0 Å². The van der Waals surface area contributed by atoms with E-state index in [1.807, 2.05) is 4.90 Å². The minimum Gasteiger partial charge on any atom is -0.406 e. The second kappa shape index (κ2) is 14.4. The number of piperidine rings is 2. The maximum atomic E-state index is 15.0. The summed E-state index contributed by atoms with van der Waals surface area (Å²) in [6.07, 6.45) is -2.59. The summed E-state index contributed by atoms with van der Waals surface area (Å²) in [5.41, 5.74) is 1.40. The van der Waals surface area contributed by atoms with Gasteiger partial charge in [-0.25, -0.2) is 12.8 Å². The average molecular weight is 691 g/mol. The Labute approximate surface area is 275 Å². The van der Waals surface area contributed by atoms with Crippen LogP contribution >= 0.6 is 0 Å². The molecule has 10 nitrogen and oxygen atoms in total. The quantitative estimate of drug-likeness (QED) is 0.258. The molecule has 2 aliphatic rings. The Morgan fingerprint density at radius 3 is 2.12 bits per heavy atom. The number of carbonyl (C=O) groups excluding carboxylic acids is 3. The van der Waals surface area contributed by atoms with Gasteiger partial charge in [-0.15, -0.1) is 13.2 Å². The monoisotopic (exact) mass is 690 g/mol. The lowest BCUT2D eigenvalue weighted by atomic mass is 9.88. The number of ether oxygens (including phenoxy) is 1. The highest BCUT2D eigenvalue weighted by atomic mass is 32.2. The van der Waals surface area contributed by atoms with Gasteiger partial charge in [0.25, 0.3) is 11.8 Å². The molecular weight excluding hydrogens is 656 g/mol. The Bertz CT molecular complexity index is 1730. The molecule has 0 bridgehead atoms. The number of ketones is 1. The number of halogens is 4. The van der Waals surface area contributed by atoms with E-state index in [1.54, 1.807) is 4.90 Å². The number of pyridine rings is 1. The number of alkyl halides is 4. The summed E-state index contributed by atoms with van der Waals surface area (Å²) in [7, 11) is -3.37. The molecular formula is C33H34F4N4O6S. The minimum atomic E-state index is -4.78. The smallest absolute Gasteiger partial charge is 0.406 e. The highest BCUT2D eigenvalue weighted by Crippen LogP contribution is 2.26. The first-order chi connectivity index (χ1) is 22.7. The van der Waals surface area contributed by atoms with Crippen molar-refractivity contribution in [3.8, 4) is 5.75 Å². The van der Waals surface area contributed by atoms with Crippen LogP contribution < -0.4 is 10.1 Å². The molecule has 1 unspecified atom stereocenters. The topological polar surface area (TPSA) is 126 Å². The van der Waals surface area contributed by atoms with Gasteiger partial charge in [-0.1, -0.05) is 24.3 Å². The van der Waals surface area contributed by atoms with Crippen LogP contribution in [0, 0.1) is 5.92 Å². The van der Waals surface area contributed by atoms with Crippen molar-refractivity contribution in [1.29, 1.82) is 0 Å². The first-order valence-electron chi connectivity index (χ1n) is 15.3. The third-order valence-corrected chi connectivity index (χ3v) is 9.60. The number of Topliss-reactive ketones (excluding diaryl/α,β-unsaturated/α-hetero) is 1. The van der Waals surface area contributed by atoms with Gasteiger partial charge in [0, 0.05) is 56.7 Å². The number of sulfone groups is 1. The van der Waals surface area contributed by atoms with Crippen molar-refractivity contribution >= 4 is 27.4 Å². The molecule has 2 aromatic carbocycles. The molecule has 0 radical (unpaired) electrons. The van der Waals surface area contributed by atoms with Crippen LogP contribution in [0.25, 0.3) is 0 Å². The third-order valence-electron chi connectivity index (χ3n) is 8.47. The van der Waals surface area contributed by atoms with Gasteiger partial charge in [0.1, 0.15) is 17.6 Å². The molecule has 2 amide bonds. The highest BCUT2D eigenvalue weighted by molar-refractivity contribution is 7.90. The van der Waals surface area contributed by atoms with Crippen LogP contribution in [0.5, 0.6) is 5.75 Å². The van der Waals surface area contributed by atoms with Crippen LogP contribution in [-0.4, -0.2) is 91.8 Å². The van der Waals surface area contributed by atoms with Gasteiger partial charge in [-0.2, -0.15) is 0 Å². The molecule has 0 saturated carbocycles. The van der Waals surface area contributed by atoms with Gasteiger partial charge in [0.2, 0.25) is 0 Å². The number of likely N-dealkylation sites (tertiary alicyclic amines) is 2. The molecule has 2 atom stereocenters. The third kappa shape index (κ3) is 8.95. The summed E-state index contributed by atoms with van der Waals surface area (Å²) < 4.78 is 79.4. The van der Waals surface area contributed by atoms with Gasteiger partial charge >= 0.3 is 6.36 Å². The Kier molecular flexibility index (Phi) is 10.5. The number of benzene rings is 2.